The number of aliphatic hydroxyl groups is 1. The zero-order chi connectivity index (χ0) is 26.6. The maximum atomic E-state index is 12.8. The Balaban J connectivity index is 5.06. The average Bonchev–Trinajstić information content (AvgIpc) is 2.77. The molecule has 34 heavy (non-hydrogen) atoms. The third-order valence-electron chi connectivity index (χ3n) is 4.95. The predicted molar refractivity (Wildman–Crippen MR) is 120 cm³/mol. The van der Waals surface area contributed by atoms with Gasteiger partial charge in [-0.05, 0) is 26.7 Å². The van der Waals surface area contributed by atoms with Crippen molar-refractivity contribution in [3.05, 3.63) is 0 Å². The van der Waals surface area contributed by atoms with E-state index < -0.39 is 78.9 Å². The molecule has 0 rings (SSSR count). The Morgan fingerprint density at radius 3 is 1.85 bits per heavy atom. The Kier molecular flexibility index (Phi) is 13.4. The molecule has 0 spiro atoms. The first-order valence-electron chi connectivity index (χ1n) is 10.8. The summed E-state index contributed by atoms with van der Waals surface area (Å²) in [6.45, 7) is 6.28. The summed E-state index contributed by atoms with van der Waals surface area (Å²) in [5.41, 5.74) is 5.44. The first-order chi connectivity index (χ1) is 15.7. The number of rotatable bonds is 14. The van der Waals surface area contributed by atoms with Crippen LogP contribution < -0.4 is 32.3 Å². The molecule has 0 heterocycles. The lowest BCUT2D eigenvalue weighted by atomic mass is 9.97. The lowest BCUT2D eigenvalue weighted by Crippen LogP contribution is -2.59. The molecule has 5 amide bonds. The molecule has 6 atom stereocenters. The summed E-state index contributed by atoms with van der Waals surface area (Å²) in [7, 11) is 0. The second-order valence-corrected chi connectivity index (χ2v) is 7.98. The number of carboxylic acid groups (broad SMARTS) is 1. The largest absolute Gasteiger partial charge is 0.480 e. The average molecular weight is 489 g/mol. The van der Waals surface area contributed by atoms with E-state index in [1.54, 1.807) is 13.8 Å². The molecule has 0 aliphatic rings. The molecular weight excluding hydrogens is 452 g/mol. The van der Waals surface area contributed by atoms with Gasteiger partial charge in [-0.2, -0.15) is 0 Å². The number of hydrogen-bond acceptors (Lipinski definition) is 8. The summed E-state index contributed by atoms with van der Waals surface area (Å²) < 4.78 is 0. The van der Waals surface area contributed by atoms with Crippen molar-refractivity contribution in [1.29, 1.82) is 0 Å². The number of hydrogen-bond donors (Lipinski definition) is 8. The number of carbonyl (C=O) groups excluding carboxylic acids is 5. The lowest BCUT2D eigenvalue weighted by Gasteiger charge is -2.27. The smallest absolute Gasteiger partial charge is 0.325 e. The molecule has 0 saturated carbocycles. The normalized spacial score (nSPS) is 16.0. The minimum Gasteiger partial charge on any atom is -0.480 e. The first kappa shape index (κ1) is 30.7. The number of amides is 5. The van der Waals surface area contributed by atoms with Gasteiger partial charge in [0, 0.05) is 0 Å². The van der Waals surface area contributed by atoms with Crippen molar-refractivity contribution in [1.82, 2.24) is 26.6 Å². The molecule has 0 aromatic carbocycles. The van der Waals surface area contributed by atoms with Crippen molar-refractivity contribution in [2.45, 2.75) is 71.2 Å². The van der Waals surface area contributed by atoms with Crippen LogP contribution in [0.2, 0.25) is 0 Å². The molecule has 14 nitrogen and oxygen atoms in total. The molecule has 0 aromatic rings. The Labute approximate surface area is 197 Å². The van der Waals surface area contributed by atoms with E-state index in [9.17, 15) is 33.9 Å². The minimum absolute atomic E-state index is 0.369. The van der Waals surface area contributed by atoms with Crippen molar-refractivity contribution >= 4 is 35.5 Å². The van der Waals surface area contributed by atoms with Crippen molar-refractivity contribution in [2.75, 3.05) is 13.2 Å². The van der Waals surface area contributed by atoms with Gasteiger partial charge >= 0.3 is 5.97 Å². The van der Waals surface area contributed by atoms with E-state index in [0.29, 0.717) is 6.42 Å². The van der Waals surface area contributed by atoms with Crippen LogP contribution in [0.4, 0.5) is 0 Å². The highest BCUT2D eigenvalue weighted by molar-refractivity contribution is 5.95. The molecule has 0 bridgehead atoms. The van der Waals surface area contributed by atoms with Gasteiger partial charge in [0.1, 0.15) is 24.2 Å². The van der Waals surface area contributed by atoms with E-state index in [-0.39, 0.29) is 5.92 Å². The molecule has 0 unspecified atom stereocenters. The van der Waals surface area contributed by atoms with E-state index in [1.807, 2.05) is 0 Å². The van der Waals surface area contributed by atoms with Gasteiger partial charge in [-0.25, -0.2) is 0 Å². The molecule has 0 aliphatic carbocycles. The Bertz CT molecular complexity index is 759. The summed E-state index contributed by atoms with van der Waals surface area (Å²) in [4.78, 5) is 71.7. The predicted octanol–water partition coefficient (Wildman–Crippen LogP) is -3.45. The Hall–Kier alpha value is -3.26. The van der Waals surface area contributed by atoms with Gasteiger partial charge in [0.05, 0.1) is 19.2 Å². The number of carbonyl (C=O) groups is 6. The van der Waals surface area contributed by atoms with Gasteiger partial charge in [0.25, 0.3) is 0 Å². The lowest BCUT2D eigenvalue weighted by molar-refractivity contribution is -0.141. The van der Waals surface area contributed by atoms with E-state index in [0.717, 1.165) is 0 Å². The third-order valence-corrected chi connectivity index (χ3v) is 4.95. The maximum Gasteiger partial charge on any atom is 0.325 e. The van der Waals surface area contributed by atoms with Crippen molar-refractivity contribution in [3.8, 4) is 0 Å². The van der Waals surface area contributed by atoms with Gasteiger partial charge < -0.3 is 42.5 Å². The molecule has 0 aromatic heterocycles. The van der Waals surface area contributed by atoms with Gasteiger partial charge in [0.2, 0.25) is 29.5 Å². The molecule has 0 radical (unpaired) electrons. The summed E-state index contributed by atoms with van der Waals surface area (Å²) in [5.74, 6) is -5.20. The van der Waals surface area contributed by atoms with Crippen molar-refractivity contribution < 1.29 is 39.0 Å². The number of carboxylic acids is 1. The van der Waals surface area contributed by atoms with Crippen LogP contribution in [0.25, 0.3) is 0 Å². The molecule has 0 fully saturated rings. The van der Waals surface area contributed by atoms with Gasteiger partial charge in [0.15, 0.2) is 0 Å². The molecule has 194 valence electrons. The van der Waals surface area contributed by atoms with Crippen LogP contribution in [0.1, 0.15) is 41.0 Å². The van der Waals surface area contributed by atoms with Crippen LogP contribution in [0.5, 0.6) is 0 Å². The monoisotopic (exact) mass is 488 g/mol. The van der Waals surface area contributed by atoms with E-state index in [2.05, 4.69) is 26.6 Å². The highest BCUT2D eigenvalue weighted by Gasteiger charge is 2.31. The Morgan fingerprint density at radius 1 is 0.794 bits per heavy atom. The molecule has 0 aliphatic heterocycles. The van der Waals surface area contributed by atoms with Crippen LogP contribution in [0, 0.1) is 5.92 Å². The Morgan fingerprint density at radius 2 is 1.38 bits per heavy atom. The van der Waals surface area contributed by atoms with Crippen molar-refractivity contribution in [3.63, 3.8) is 0 Å². The summed E-state index contributed by atoms with van der Waals surface area (Å²) in [6, 6.07) is -5.56. The fourth-order valence-corrected chi connectivity index (χ4v) is 2.50. The zero-order valence-corrected chi connectivity index (χ0v) is 20.0. The zero-order valence-electron chi connectivity index (χ0n) is 20.0. The van der Waals surface area contributed by atoms with Gasteiger partial charge in [-0.3, -0.25) is 28.8 Å². The second kappa shape index (κ2) is 14.8. The van der Waals surface area contributed by atoms with Crippen LogP contribution in [0.3, 0.4) is 0 Å². The van der Waals surface area contributed by atoms with E-state index in [4.69, 9.17) is 10.8 Å². The number of aliphatic carboxylic acids is 1. The van der Waals surface area contributed by atoms with Gasteiger partial charge in [-0.1, -0.05) is 20.3 Å². The summed E-state index contributed by atoms with van der Waals surface area (Å²) in [5, 5.41) is 29.8. The van der Waals surface area contributed by atoms with E-state index >= 15 is 0 Å². The van der Waals surface area contributed by atoms with Crippen LogP contribution in [-0.2, 0) is 28.8 Å². The first-order valence-corrected chi connectivity index (χ1v) is 10.8. The summed E-state index contributed by atoms with van der Waals surface area (Å²) in [6.07, 6.45) is 0.483. The number of nitrogens with two attached hydrogens (primary N) is 1. The minimum atomic E-state index is -1.33. The van der Waals surface area contributed by atoms with Crippen LogP contribution in [0.15, 0.2) is 0 Å². The van der Waals surface area contributed by atoms with Crippen molar-refractivity contribution in [2.24, 2.45) is 11.7 Å². The molecule has 14 heteroatoms. The second-order valence-electron chi connectivity index (χ2n) is 7.98. The fourth-order valence-electron chi connectivity index (χ4n) is 2.50. The third kappa shape index (κ3) is 10.6. The number of nitrogens with one attached hydrogen (secondary N) is 5. The standard InChI is InChI=1S/C20H36N6O8/c1-6-9(2)15(26-18(31)13(8-27)25-16(29)10(3)21)19(32)24-11(4)17(30)22-7-14(28)23-12(5)20(33)34/h9-13,15,27H,6-8,21H2,1-5H3,(H,22,30)(H,23,28)(H,24,32)(H,25,29)(H,26,31)(H,33,34)/t9-,10-,11-,12-,13-,15-/m0/s1. The molecular formula is C20H36N6O8. The molecule has 9 N–H and O–H groups in total. The summed E-state index contributed by atoms with van der Waals surface area (Å²) >= 11 is 0. The quantitative estimate of drug-likeness (QED) is 0.121. The molecule has 0 saturated heterocycles. The van der Waals surface area contributed by atoms with Crippen LogP contribution >= 0.6 is 0 Å². The highest BCUT2D eigenvalue weighted by atomic mass is 16.4. The maximum absolute atomic E-state index is 12.8. The SMILES string of the molecule is CC[C@H](C)[C@H](NC(=O)[C@H](CO)NC(=O)[C@H](C)N)C(=O)N[C@@H](C)C(=O)NCC(=O)N[C@@H](C)C(=O)O. The topological polar surface area (TPSA) is 229 Å². The highest BCUT2D eigenvalue weighted by Crippen LogP contribution is 2.09. The van der Waals surface area contributed by atoms with Crippen LogP contribution in [-0.4, -0.2) is 89.1 Å². The number of aliphatic hydroxyl groups excluding tert-OH is 1. The van der Waals surface area contributed by atoms with E-state index in [1.165, 1.54) is 20.8 Å². The fraction of sp³-hybridized carbons (Fsp3) is 0.700. The van der Waals surface area contributed by atoms with Gasteiger partial charge in [-0.15, -0.1) is 0 Å².